The number of nitrogens with zero attached hydrogens (tertiary/aromatic N) is 1. The van der Waals surface area contributed by atoms with E-state index in [4.69, 9.17) is 9.47 Å². The number of para-hydroxylation sites is 1. The molecule has 1 aromatic rings. The summed E-state index contributed by atoms with van der Waals surface area (Å²) in [6, 6.07) is 7.16. The van der Waals surface area contributed by atoms with Gasteiger partial charge in [-0.05, 0) is 37.8 Å². The standard InChI is InChI=1S/C19H28FNO3/c20-18-7-3-4-8-19(18)21(15-5-1-2-6-15)13-16(22)14-24-17-9-11-23-12-10-17/h3-4,7-8,15-17,22H,1-2,5-6,9-14H2. The van der Waals surface area contributed by atoms with Crippen LogP contribution in [0.5, 0.6) is 0 Å². The molecule has 0 amide bonds. The molecule has 24 heavy (non-hydrogen) atoms. The van der Waals surface area contributed by atoms with E-state index in [0.29, 0.717) is 24.9 Å². The molecule has 5 heteroatoms. The van der Waals surface area contributed by atoms with E-state index in [1.165, 1.54) is 18.9 Å². The molecule has 1 unspecified atom stereocenters. The maximum Gasteiger partial charge on any atom is 0.146 e. The number of aliphatic hydroxyl groups is 1. The van der Waals surface area contributed by atoms with Crippen molar-refractivity contribution in [3.8, 4) is 0 Å². The first-order chi connectivity index (χ1) is 11.7. The van der Waals surface area contributed by atoms with Crippen molar-refractivity contribution in [3.63, 3.8) is 0 Å². The number of anilines is 1. The molecule has 0 aromatic heterocycles. The van der Waals surface area contributed by atoms with Crippen LogP contribution in [0.15, 0.2) is 24.3 Å². The highest BCUT2D eigenvalue weighted by Gasteiger charge is 2.27. The largest absolute Gasteiger partial charge is 0.389 e. The van der Waals surface area contributed by atoms with Crippen LogP contribution in [0.25, 0.3) is 0 Å². The number of halogens is 1. The fourth-order valence-electron chi connectivity index (χ4n) is 3.71. The molecule has 1 aromatic carbocycles. The highest BCUT2D eigenvalue weighted by atomic mass is 19.1. The number of aliphatic hydroxyl groups excluding tert-OH is 1. The zero-order valence-electron chi connectivity index (χ0n) is 14.2. The molecule has 1 aliphatic carbocycles. The number of hydrogen-bond acceptors (Lipinski definition) is 4. The maximum atomic E-state index is 14.3. The van der Waals surface area contributed by atoms with Crippen LogP contribution in [-0.4, -0.2) is 49.7 Å². The van der Waals surface area contributed by atoms with E-state index in [1.54, 1.807) is 12.1 Å². The highest BCUT2D eigenvalue weighted by Crippen LogP contribution is 2.30. The Morgan fingerprint density at radius 2 is 1.88 bits per heavy atom. The fourth-order valence-corrected chi connectivity index (χ4v) is 3.71. The molecule has 1 atom stereocenters. The van der Waals surface area contributed by atoms with Gasteiger partial charge in [-0.15, -0.1) is 0 Å². The van der Waals surface area contributed by atoms with Gasteiger partial charge in [0.05, 0.1) is 24.5 Å². The molecule has 1 saturated heterocycles. The predicted octanol–water partition coefficient (Wildman–Crippen LogP) is 3.13. The fraction of sp³-hybridized carbons (Fsp3) is 0.684. The highest BCUT2D eigenvalue weighted by molar-refractivity contribution is 5.49. The first-order valence-electron chi connectivity index (χ1n) is 9.12. The Hall–Kier alpha value is -1.17. The zero-order valence-corrected chi connectivity index (χ0v) is 14.2. The van der Waals surface area contributed by atoms with Crippen molar-refractivity contribution in [1.29, 1.82) is 0 Å². The van der Waals surface area contributed by atoms with Crippen LogP contribution < -0.4 is 4.90 Å². The Kier molecular flexibility index (Phi) is 6.46. The van der Waals surface area contributed by atoms with E-state index in [1.807, 2.05) is 11.0 Å². The molecule has 0 spiro atoms. The van der Waals surface area contributed by atoms with Crippen LogP contribution >= 0.6 is 0 Å². The number of rotatable bonds is 7. The summed E-state index contributed by atoms with van der Waals surface area (Å²) in [4.78, 5) is 2.04. The first-order valence-corrected chi connectivity index (χ1v) is 9.12. The molecule has 2 fully saturated rings. The van der Waals surface area contributed by atoms with Crippen molar-refractivity contribution < 1.29 is 19.0 Å². The van der Waals surface area contributed by atoms with E-state index < -0.39 is 6.10 Å². The normalized spacial score (nSPS) is 21.1. The van der Waals surface area contributed by atoms with Crippen LogP contribution in [0.4, 0.5) is 10.1 Å². The molecule has 2 aliphatic rings. The van der Waals surface area contributed by atoms with Crippen molar-refractivity contribution in [1.82, 2.24) is 0 Å². The maximum absolute atomic E-state index is 14.3. The van der Waals surface area contributed by atoms with Gasteiger partial charge in [0, 0.05) is 25.8 Å². The van der Waals surface area contributed by atoms with Crippen LogP contribution in [0.2, 0.25) is 0 Å². The van der Waals surface area contributed by atoms with Gasteiger partial charge < -0.3 is 19.5 Å². The van der Waals surface area contributed by atoms with Gasteiger partial charge in [0.1, 0.15) is 5.82 Å². The minimum Gasteiger partial charge on any atom is -0.389 e. The molecule has 4 nitrogen and oxygen atoms in total. The molecule has 1 saturated carbocycles. The third kappa shape index (κ3) is 4.68. The molecule has 1 aliphatic heterocycles. The summed E-state index contributed by atoms with van der Waals surface area (Å²) in [6.45, 7) is 2.16. The molecule has 0 bridgehead atoms. The SMILES string of the molecule is OC(COC1CCOCC1)CN(c1ccccc1F)C1CCCC1. The monoisotopic (exact) mass is 337 g/mol. The summed E-state index contributed by atoms with van der Waals surface area (Å²) in [5.74, 6) is -0.220. The summed E-state index contributed by atoms with van der Waals surface area (Å²) >= 11 is 0. The van der Waals surface area contributed by atoms with Crippen LogP contribution in [-0.2, 0) is 9.47 Å². The zero-order chi connectivity index (χ0) is 16.8. The van der Waals surface area contributed by atoms with Crippen molar-refractivity contribution in [2.45, 2.75) is 56.8 Å². The molecular weight excluding hydrogens is 309 g/mol. The molecule has 0 radical (unpaired) electrons. The molecule has 134 valence electrons. The Labute approximate surface area is 143 Å². The van der Waals surface area contributed by atoms with Crippen LogP contribution in [0.3, 0.4) is 0 Å². The van der Waals surface area contributed by atoms with Crippen LogP contribution in [0, 0.1) is 5.82 Å². The van der Waals surface area contributed by atoms with E-state index in [0.717, 1.165) is 38.9 Å². The molecule has 3 rings (SSSR count). The van der Waals surface area contributed by atoms with E-state index in [2.05, 4.69) is 0 Å². The minimum atomic E-state index is -0.618. The van der Waals surface area contributed by atoms with Crippen molar-refractivity contribution in [2.24, 2.45) is 0 Å². The summed E-state index contributed by atoms with van der Waals surface area (Å²) < 4.78 is 25.4. The van der Waals surface area contributed by atoms with Gasteiger partial charge in [0.15, 0.2) is 0 Å². The lowest BCUT2D eigenvalue weighted by Gasteiger charge is -2.33. The second kappa shape index (κ2) is 8.79. The van der Waals surface area contributed by atoms with Crippen molar-refractivity contribution in [3.05, 3.63) is 30.1 Å². The van der Waals surface area contributed by atoms with Gasteiger partial charge in [-0.2, -0.15) is 0 Å². The van der Waals surface area contributed by atoms with Gasteiger partial charge in [0.25, 0.3) is 0 Å². The number of ether oxygens (including phenoxy) is 2. The van der Waals surface area contributed by atoms with Crippen molar-refractivity contribution in [2.75, 3.05) is 31.3 Å². The Bertz CT molecular complexity index is 501. The number of hydrogen-bond donors (Lipinski definition) is 1. The van der Waals surface area contributed by atoms with Crippen LogP contribution in [0.1, 0.15) is 38.5 Å². The smallest absolute Gasteiger partial charge is 0.146 e. The minimum absolute atomic E-state index is 0.168. The predicted molar refractivity (Wildman–Crippen MR) is 91.8 cm³/mol. The van der Waals surface area contributed by atoms with Gasteiger partial charge >= 0.3 is 0 Å². The third-order valence-corrected chi connectivity index (χ3v) is 5.03. The lowest BCUT2D eigenvalue weighted by Crippen LogP contribution is -2.42. The van der Waals surface area contributed by atoms with E-state index in [-0.39, 0.29) is 11.9 Å². The second-order valence-electron chi connectivity index (χ2n) is 6.84. The molecule has 1 N–H and O–H groups in total. The van der Waals surface area contributed by atoms with Gasteiger partial charge in [-0.3, -0.25) is 0 Å². The van der Waals surface area contributed by atoms with Gasteiger partial charge in [0.2, 0.25) is 0 Å². The third-order valence-electron chi connectivity index (χ3n) is 5.03. The van der Waals surface area contributed by atoms with Gasteiger partial charge in [-0.25, -0.2) is 4.39 Å². The number of benzene rings is 1. The van der Waals surface area contributed by atoms with Crippen molar-refractivity contribution >= 4 is 5.69 Å². The average Bonchev–Trinajstić information content (AvgIpc) is 3.14. The van der Waals surface area contributed by atoms with Gasteiger partial charge in [-0.1, -0.05) is 25.0 Å². The Morgan fingerprint density at radius 1 is 1.17 bits per heavy atom. The summed E-state index contributed by atoms with van der Waals surface area (Å²) in [6.07, 6.45) is 5.77. The molecule has 1 heterocycles. The van der Waals surface area contributed by atoms with E-state index >= 15 is 0 Å². The molecular formula is C19H28FNO3. The summed E-state index contributed by atoms with van der Waals surface area (Å²) in [7, 11) is 0. The second-order valence-corrected chi connectivity index (χ2v) is 6.84. The lowest BCUT2D eigenvalue weighted by atomic mass is 10.1. The van der Waals surface area contributed by atoms with E-state index in [9.17, 15) is 9.50 Å². The summed E-state index contributed by atoms with van der Waals surface area (Å²) in [5, 5.41) is 10.4. The topological polar surface area (TPSA) is 41.9 Å². The first kappa shape index (κ1) is 17.6. The lowest BCUT2D eigenvalue weighted by molar-refractivity contribution is -0.0577. The summed E-state index contributed by atoms with van der Waals surface area (Å²) in [5.41, 5.74) is 0.592. The Morgan fingerprint density at radius 3 is 2.58 bits per heavy atom. The average molecular weight is 337 g/mol. The Balaban J connectivity index is 1.59. The quantitative estimate of drug-likeness (QED) is 0.830.